The summed E-state index contributed by atoms with van der Waals surface area (Å²) >= 11 is 0. The summed E-state index contributed by atoms with van der Waals surface area (Å²) in [5, 5.41) is 31.9. The van der Waals surface area contributed by atoms with Gasteiger partial charge in [0.25, 0.3) is 5.70 Å². The van der Waals surface area contributed by atoms with Crippen LogP contribution in [0.1, 0.15) is 13.3 Å². The van der Waals surface area contributed by atoms with Crippen molar-refractivity contribution in [3.63, 3.8) is 0 Å². The summed E-state index contributed by atoms with van der Waals surface area (Å²) in [4.78, 5) is 28.7. The maximum atomic E-state index is 10.7. The van der Waals surface area contributed by atoms with Crippen molar-refractivity contribution in [2.24, 2.45) is 0 Å². The Morgan fingerprint density at radius 3 is 2.06 bits per heavy atom. The Hall–Kier alpha value is -2.32. The maximum absolute atomic E-state index is 10.7. The molecular formula is C7H7N3O6. The van der Waals surface area contributed by atoms with Crippen molar-refractivity contribution in [2.45, 2.75) is 19.0 Å². The van der Waals surface area contributed by atoms with Crippen molar-refractivity contribution in [1.82, 2.24) is 0 Å². The topological polar surface area (TPSA) is 129 Å². The molecule has 0 aromatic heterocycles. The zero-order chi connectivity index (χ0) is 12.5. The van der Waals surface area contributed by atoms with Gasteiger partial charge >= 0.3 is 5.66 Å². The highest BCUT2D eigenvalue weighted by atomic mass is 16.7. The van der Waals surface area contributed by atoms with Crippen LogP contribution in [0.5, 0.6) is 0 Å². The lowest BCUT2D eigenvalue weighted by atomic mass is 9.96. The standard InChI is InChI=1S/C7H7N3O6/c1-5-2-3-7(9(13)14,10(15)16)4-6(5)8(11)12/h2,4H,3H2,1H3. The van der Waals surface area contributed by atoms with E-state index < -0.39 is 32.6 Å². The molecule has 0 saturated carbocycles. The SMILES string of the molecule is CC1=CCC([N+](=O)[O-])([N+](=O)[O-])C=C1[N+](=O)[O-]. The highest BCUT2D eigenvalue weighted by molar-refractivity contribution is 5.29. The third-order valence-corrected chi connectivity index (χ3v) is 2.31. The largest absolute Gasteiger partial charge is 0.487 e. The smallest absolute Gasteiger partial charge is 0.258 e. The van der Waals surface area contributed by atoms with E-state index in [0.29, 0.717) is 6.08 Å². The Balaban J connectivity index is 3.34. The van der Waals surface area contributed by atoms with Crippen molar-refractivity contribution in [2.75, 3.05) is 0 Å². The second-order valence-electron chi connectivity index (χ2n) is 3.27. The van der Waals surface area contributed by atoms with Crippen molar-refractivity contribution in [1.29, 1.82) is 0 Å². The van der Waals surface area contributed by atoms with E-state index in [9.17, 15) is 30.3 Å². The van der Waals surface area contributed by atoms with Crippen LogP contribution < -0.4 is 0 Å². The van der Waals surface area contributed by atoms with Gasteiger partial charge in [0, 0.05) is 5.57 Å². The van der Waals surface area contributed by atoms with Crippen LogP contribution in [-0.2, 0) is 0 Å². The Morgan fingerprint density at radius 2 is 1.69 bits per heavy atom. The van der Waals surface area contributed by atoms with Gasteiger partial charge in [-0.1, -0.05) is 6.08 Å². The van der Waals surface area contributed by atoms with Gasteiger partial charge in [0.15, 0.2) is 0 Å². The molecule has 0 heterocycles. The highest BCUT2D eigenvalue weighted by Crippen LogP contribution is 2.29. The Labute approximate surface area is 88.5 Å². The predicted octanol–water partition coefficient (Wildman–Crippen LogP) is 0.747. The van der Waals surface area contributed by atoms with Crippen LogP contribution in [-0.4, -0.2) is 20.4 Å². The summed E-state index contributed by atoms with van der Waals surface area (Å²) in [5.74, 6) is 0. The fourth-order valence-corrected chi connectivity index (χ4v) is 1.32. The van der Waals surface area contributed by atoms with Crippen LogP contribution in [0.4, 0.5) is 0 Å². The molecule has 16 heavy (non-hydrogen) atoms. The zero-order valence-electron chi connectivity index (χ0n) is 8.15. The monoisotopic (exact) mass is 229 g/mol. The summed E-state index contributed by atoms with van der Waals surface area (Å²) in [6, 6.07) is 0. The lowest BCUT2D eigenvalue weighted by Gasteiger charge is -2.15. The van der Waals surface area contributed by atoms with Crippen molar-refractivity contribution >= 4 is 0 Å². The van der Waals surface area contributed by atoms with E-state index in [1.807, 2.05) is 0 Å². The number of allylic oxidation sites excluding steroid dienone is 1. The quantitative estimate of drug-likeness (QED) is 0.398. The molecule has 0 radical (unpaired) electrons. The minimum atomic E-state index is -2.62. The molecule has 0 N–H and O–H groups in total. The van der Waals surface area contributed by atoms with Crippen LogP contribution >= 0.6 is 0 Å². The Bertz CT molecular complexity index is 423. The molecule has 0 atom stereocenters. The Kier molecular flexibility index (Phi) is 2.70. The normalized spacial score (nSPS) is 18.3. The second-order valence-corrected chi connectivity index (χ2v) is 3.27. The summed E-state index contributed by atoms with van der Waals surface area (Å²) < 4.78 is 0. The molecule has 9 nitrogen and oxygen atoms in total. The number of hydrogen-bond acceptors (Lipinski definition) is 6. The van der Waals surface area contributed by atoms with Crippen molar-refractivity contribution in [3.8, 4) is 0 Å². The molecule has 0 bridgehead atoms. The van der Waals surface area contributed by atoms with Crippen LogP contribution in [0.3, 0.4) is 0 Å². The van der Waals surface area contributed by atoms with E-state index in [2.05, 4.69) is 0 Å². The molecule has 1 aliphatic carbocycles. The molecular weight excluding hydrogens is 222 g/mol. The fraction of sp³-hybridized carbons (Fsp3) is 0.429. The number of nitro groups is 3. The first-order valence-corrected chi connectivity index (χ1v) is 4.14. The van der Waals surface area contributed by atoms with Crippen molar-refractivity contribution < 1.29 is 14.8 Å². The molecule has 0 amide bonds. The fourth-order valence-electron chi connectivity index (χ4n) is 1.32. The summed E-state index contributed by atoms with van der Waals surface area (Å²) in [7, 11) is 0. The minimum absolute atomic E-state index is 0.185. The highest BCUT2D eigenvalue weighted by Gasteiger charge is 2.57. The molecule has 0 fully saturated rings. The number of rotatable bonds is 3. The average Bonchev–Trinajstić information content (AvgIpc) is 2.17. The first-order chi connectivity index (χ1) is 7.31. The summed E-state index contributed by atoms with van der Waals surface area (Å²) in [5.41, 5.74) is -3.04. The molecule has 0 aromatic carbocycles. The van der Waals surface area contributed by atoms with Gasteiger partial charge in [-0.2, -0.15) is 0 Å². The van der Waals surface area contributed by atoms with E-state index in [4.69, 9.17) is 0 Å². The van der Waals surface area contributed by atoms with Crippen LogP contribution in [0, 0.1) is 30.3 Å². The minimum Gasteiger partial charge on any atom is -0.258 e. The summed E-state index contributed by atoms with van der Waals surface area (Å²) in [6.07, 6.45) is 1.13. The second kappa shape index (κ2) is 3.68. The molecule has 0 spiro atoms. The maximum Gasteiger partial charge on any atom is 0.487 e. The molecule has 9 heteroatoms. The predicted molar refractivity (Wildman–Crippen MR) is 50.2 cm³/mol. The van der Waals surface area contributed by atoms with Gasteiger partial charge < -0.3 is 0 Å². The van der Waals surface area contributed by atoms with Gasteiger partial charge in [-0.3, -0.25) is 30.3 Å². The zero-order valence-corrected chi connectivity index (χ0v) is 8.15. The lowest BCUT2D eigenvalue weighted by Crippen LogP contribution is -2.45. The van der Waals surface area contributed by atoms with Gasteiger partial charge in [0.05, 0.1) is 4.92 Å². The third-order valence-electron chi connectivity index (χ3n) is 2.31. The van der Waals surface area contributed by atoms with Gasteiger partial charge in [0.2, 0.25) is 0 Å². The first-order valence-electron chi connectivity index (χ1n) is 4.14. The van der Waals surface area contributed by atoms with Crippen molar-refractivity contribution in [3.05, 3.63) is 53.8 Å². The molecule has 1 rings (SSSR count). The molecule has 1 aliphatic rings. The Morgan fingerprint density at radius 1 is 1.19 bits per heavy atom. The van der Waals surface area contributed by atoms with E-state index in [1.165, 1.54) is 6.92 Å². The van der Waals surface area contributed by atoms with Gasteiger partial charge in [-0.15, -0.1) is 0 Å². The third kappa shape index (κ3) is 1.62. The average molecular weight is 229 g/mol. The first kappa shape index (κ1) is 11.8. The van der Waals surface area contributed by atoms with E-state index in [-0.39, 0.29) is 5.57 Å². The van der Waals surface area contributed by atoms with Gasteiger partial charge in [-0.25, -0.2) is 0 Å². The van der Waals surface area contributed by atoms with E-state index >= 15 is 0 Å². The van der Waals surface area contributed by atoms with E-state index in [1.54, 1.807) is 0 Å². The van der Waals surface area contributed by atoms with Crippen LogP contribution in [0.15, 0.2) is 23.4 Å². The van der Waals surface area contributed by atoms with Gasteiger partial charge in [0.1, 0.15) is 22.3 Å². The van der Waals surface area contributed by atoms with Gasteiger partial charge in [-0.05, 0) is 6.92 Å². The molecule has 0 aliphatic heterocycles. The molecule has 0 unspecified atom stereocenters. The molecule has 86 valence electrons. The molecule has 0 aromatic rings. The molecule has 0 saturated heterocycles. The summed E-state index contributed by atoms with van der Waals surface area (Å²) in [6.45, 7) is 1.37. The number of hydrogen-bond donors (Lipinski definition) is 0. The van der Waals surface area contributed by atoms with Crippen LogP contribution in [0.25, 0.3) is 0 Å². The van der Waals surface area contributed by atoms with E-state index in [0.717, 1.165) is 6.08 Å². The lowest BCUT2D eigenvalue weighted by molar-refractivity contribution is -0.781. The van der Waals surface area contributed by atoms with Crippen LogP contribution in [0.2, 0.25) is 0 Å². The number of nitrogens with zero attached hydrogens (tertiary/aromatic N) is 3.